The minimum Gasteiger partial charge on any atom is -0.300 e. The number of carbonyl (C=O) groups is 1. The third-order valence-corrected chi connectivity index (χ3v) is 3.29. The maximum absolute atomic E-state index is 10.7. The van der Waals surface area contributed by atoms with Gasteiger partial charge in [0.15, 0.2) is 0 Å². The van der Waals surface area contributed by atoms with Crippen LogP contribution in [-0.4, -0.2) is 5.78 Å². The number of allylic oxidation sites excluding steroid dienone is 2. The Morgan fingerprint density at radius 2 is 1.28 bits per heavy atom. The van der Waals surface area contributed by atoms with Crippen LogP contribution in [0.1, 0.15) is 90.9 Å². The predicted molar refractivity (Wildman–Crippen MR) is 80.9 cm³/mol. The van der Waals surface area contributed by atoms with Crippen LogP contribution in [0.2, 0.25) is 0 Å². The van der Waals surface area contributed by atoms with E-state index in [0.29, 0.717) is 5.78 Å². The molecule has 0 saturated heterocycles. The average Bonchev–Trinajstić information content (AvgIpc) is 2.34. The first-order chi connectivity index (χ1) is 8.77. The highest BCUT2D eigenvalue weighted by atomic mass is 16.1. The number of carbonyl (C=O) groups excluding carboxylic acids is 1. The fourth-order valence-electron chi connectivity index (χ4n) is 2.08. The molecule has 0 aromatic carbocycles. The summed E-state index contributed by atoms with van der Waals surface area (Å²) < 4.78 is 0. The van der Waals surface area contributed by atoms with Gasteiger partial charge in [0.1, 0.15) is 5.78 Å². The lowest BCUT2D eigenvalue weighted by atomic mass is 10.1. The molecule has 0 aliphatic carbocycles. The molecule has 0 amide bonds. The Labute approximate surface area is 114 Å². The number of rotatable bonds is 13. The molecule has 0 aliphatic heterocycles. The van der Waals surface area contributed by atoms with E-state index in [1.807, 2.05) is 0 Å². The summed E-state index contributed by atoms with van der Waals surface area (Å²) in [5.74, 6) is 0.338. The van der Waals surface area contributed by atoms with Gasteiger partial charge in [-0.05, 0) is 32.6 Å². The molecule has 0 bridgehead atoms. The van der Waals surface area contributed by atoms with Gasteiger partial charge in [-0.25, -0.2) is 0 Å². The third-order valence-electron chi connectivity index (χ3n) is 3.29. The molecule has 0 aromatic heterocycles. The zero-order valence-corrected chi connectivity index (χ0v) is 12.5. The lowest BCUT2D eigenvalue weighted by Crippen LogP contribution is -1.89. The Kier molecular flexibility index (Phi) is 14.0. The van der Waals surface area contributed by atoms with Crippen LogP contribution >= 0.6 is 0 Å². The Hall–Kier alpha value is -0.590. The molecule has 0 spiro atoms. The summed E-state index contributed by atoms with van der Waals surface area (Å²) in [6.45, 7) is 3.93. The summed E-state index contributed by atoms with van der Waals surface area (Å²) in [5, 5.41) is 0. The summed E-state index contributed by atoms with van der Waals surface area (Å²) in [6.07, 6.45) is 19.7. The molecule has 0 atom stereocenters. The third kappa shape index (κ3) is 15.4. The van der Waals surface area contributed by atoms with Crippen LogP contribution in [0, 0.1) is 0 Å². The first-order valence-corrected chi connectivity index (χ1v) is 7.91. The van der Waals surface area contributed by atoms with Gasteiger partial charge in [-0.3, -0.25) is 0 Å². The summed E-state index contributed by atoms with van der Waals surface area (Å²) >= 11 is 0. The molecule has 106 valence electrons. The van der Waals surface area contributed by atoms with Gasteiger partial charge in [-0.2, -0.15) is 0 Å². The average molecular weight is 252 g/mol. The number of Topliss-reactive ketones (excluding diaryl/α,β-unsaturated/α-hetero) is 1. The van der Waals surface area contributed by atoms with E-state index in [0.717, 1.165) is 12.8 Å². The monoisotopic (exact) mass is 252 g/mol. The first kappa shape index (κ1) is 17.4. The minimum absolute atomic E-state index is 0.338. The molecule has 18 heavy (non-hydrogen) atoms. The maximum Gasteiger partial charge on any atom is 0.129 e. The molecule has 0 unspecified atom stereocenters. The van der Waals surface area contributed by atoms with Crippen LogP contribution in [0.3, 0.4) is 0 Å². The molecule has 1 heteroatoms. The van der Waals surface area contributed by atoms with Crippen molar-refractivity contribution >= 4 is 5.78 Å². The fourth-order valence-corrected chi connectivity index (χ4v) is 2.08. The van der Waals surface area contributed by atoms with E-state index < -0.39 is 0 Å². The normalized spacial score (nSPS) is 11.2. The van der Waals surface area contributed by atoms with E-state index in [4.69, 9.17) is 0 Å². The van der Waals surface area contributed by atoms with Crippen molar-refractivity contribution in [1.82, 2.24) is 0 Å². The van der Waals surface area contributed by atoms with Gasteiger partial charge in [0.25, 0.3) is 0 Å². The van der Waals surface area contributed by atoms with Crippen LogP contribution in [0.25, 0.3) is 0 Å². The molecule has 0 radical (unpaired) electrons. The second-order valence-electron chi connectivity index (χ2n) is 5.33. The van der Waals surface area contributed by atoms with Gasteiger partial charge in [-0.1, -0.05) is 64.0 Å². The van der Waals surface area contributed by atoms with Crippen molar-refractivity contribution in [2.75, 3.05) is 0 Å². The van der Waals surface area contributed by atoms with Crippen LogP contribution in [0.15, 0.2) is 12.2 Å². The predicted octanol–water partition coefficient (Wildman–Crippen LogP) is 5.83. The van der Waals surface area contributed by atoms with Gasteiger partial charge in [0.05, 0.1) is 0 Å². The summed E-state index contributed by atoms with van der Waals surface area (Å²) in [4.78, 5) is 10.7. The van der Waals surface area contributed by atoms with Crippen molar-refractivity contribution in [3.8, 4) is 0 Å². The topological polar surface area (TPSA) is 17.1 Å². The summed E-state index contributed by atoms with van der Waals surface area (Å²) in [5.41, 5.74) is 0. The molecular formula is C17H32O. The summed E-state index contributed by atoms with van der Waals surface area (Å²) in [7, 11) is 0. The molecule has 0 saturated carbocycles. The molecule has 0 heterocycles. The van der Waals surface area contributed by atoms with E-state index in [2.05, 4.69) is 19.1 Å². The van der Waals surface area contributed by atoms with Crippen molar-refractivity contribution in [2.45, 2.75) is 90.9 Å². The molecule has 1 nitrogen and oxygen atoms in total. The van der Waals surface area contributed by atoms with E-state index in [1.165, 1.54) is 64.2 Å². The van der Waals surface area contributed by atoms with Crippen LogP contribution in [0.5, 0.6) is 0 Å². The maximum atomic E-state index is 10.7. The fraction of sp³-hybridized carbons (Fsp3) is 0.824. The molecule has 0 aliphatic rings. The number of unbranched alkanes of at least 4 members (excludes halogenated alkanes) is 9. The highest BCUT2D eigenvalue weighted by Gasteiger charge is 1.94. The standard InChI is InChI=1S/C17H32O/c1-3-4-5-6-7-8-9-10-11-12-13-14-15-16-17(2)18/h6-7H,3-5,8-16H2,1-2H3. The Morgan fingerprint density at radius 1 is 0.778 bits per heavy atom. The number of hydrogen-bond acceptors (Lipinski definition) is 1. The van der Waals surface area contributed by atoms with E-state index in [9.17, 15) is 4.79 Å². The number of hydrogen-bond donors (Lipinski definition) is 0. The van der Waals surface area contributed by atoms with Crippen molar-refractivity contribution < 1.29 is 4.79 Å². The van der Waals surface area contributed by atoms with Crippen LogP contribution in [0.4, 0.5) is 0 Å². The number of ketones is 1. The van der Waals surface area contributed by atoms with Crippen molar-refractivity contribution in [3.63, 3.8) is 0 Å². The Morgan fingerprint density at radius 3 is 1.83 bits per heavy atom. The van der Waals surface area contributed by atoms with Gasteiger partial charge < -0.3 is 4.79 Å². The second kappa shape index (κ2) is 14.5. The second-order valence-corrected chi connectivity index (χ2v) is 5.33. The van der Waals surface area contributed by atoms with E-state index in [-0.39, 0.29) is 0 Å². The van der Waals surface area contributed by atoms with E-state index in [1.54, 1.807) is 6.92 Å². The largest absolute Gasteiger partial charge is 0.300 e. The quantitative estimate of drug-likeness (QED) is 0.297. The van der Waals surface area contributed by atoms with Crippen molar-refractivity contribution in [2.24, 2.45) is 0 Å². The highest BCUT2D eigenvalue weighted by molar-refractivity contribution is 5.75. The first-order valence-electron chi connectivity index (χ1n) is 7.91. The molecule has 0 aromatic rings. The Bertz CT molecular complexity index is 206. The van der Waals surface area contributed by atoms with Crippen LogP contribution < -0.4 is 0 Å². The molecule has 0 fully saturated rings. The molecule has 0 N–H and O–H groups in total. The smallest absolute Gasteiger partial charge is 0.129 e. The van der Waals surface area contributed by atoms with Crippen LogP contribution in [-0.2, 0) is 4.79 Å². The van der Waals surface area contributed by atoms with Gasteiger partial charge in [0.2, 0.25) is 0 Å². The summed E-state index contributed by atoms with van der Waals surface area (Å²) in [6, 6.07) is 0. The van der Waals surface area contributed by atoms with Crippen molar-refractivity contribution in [1.29, 1.82) is 0 Å². The lowest BCUT2D eigenvalue weighted by molar-refractivity contribution is -0.117. The van der Waals surface area contributed by atoms with Gasteiger partial charge in [-0.15, -0.1) is 0 Å². The van der Waals surface area contributed by atoms with Gasteiger partial charge >= 0.3 is 0 Å². The zero-order chi connectivity index (χ0) is 13.5. The van der Waals surface area contributed by atoms with Gasteiger partial charge in [0, 0.05) is 6.42 Å². The van der Waals surface area contributed by atoms with E-state index >= 15 is 0 Å². The minimum atomic E-state index is 0.338. The lowest BCUT2D eigenvalue weighted by Gasteiger charge is -2.00. The Balaban J connectivity index is 3.03. The zero-order valence-electron chi connectivity index (χ0n) is 12.5. The van der Waals surface area contributed by atoms with Crippen molar-refractivity contribution in [3.05, 3.63) is 12.2 Å². The molecular weight excluding hydrogens is 220 g/mol. The molecule has 0 rings (SSSR count). The SMILES string of the molecule is CCCCC=CCCCCCCCCCC(C)=O. The highest BCUT2D eigenvalue weighted by Crippen LogP contribution is 2.10.